The van der Waals surface area contributed by atoms with Crippen LogP contribution in [-0.4, -0.2) is 15.3 Å². The van der Waals surface area contributed by atoms with Crippen molar-refractivity contribution in [1.82, 2.24) is 9.38 Å². The van der Waals surface area contributed by atoms with Crippen LogP contribution in [0.1, 0.15) is 39.8 Å². The number of amides is 1. The van der Waals surface area contributed by atoms with Crippen LogP contribution >= 0.6 is 11.6 Å². The van der Waals surface area contributed by atoms with Gasteiger partial charge in [-0.3, -0.25) is 9.20 Å². The summed E-state index contributed by atoms with van der Waals surface area (Å²) in [5.74, 6) is -0.197. The molecule has 0 unspecified atom stereocenters. The van der Waals surface area contributed by atoms with Crippen molar-refractivity contribution in [1.29, 1.82) is 0 Å². The first-order chi connectivity index (χ1) is 11.4. The zero-order chi connectivity index (χ0) is 17.4. The van der Waals surface area contributed by atoms with Gasteiger partial charge < -0.3 is 5.32 Å². The van der Waals surface area contributed by atoms with Crippen molar-refractivity contribution in [3.63, 3.8) is 0 Å². The molecular formula is C19H20ClN3O. The van der Waals surface area contributed by atoms with Crippen LogP contribution in [0.25, 0.3) is 5.65 Å². The Labute approximate surface area is 146 Å². The van der Waals surface area contributed by atoms with Gasteiger partial charge >= 0.3 is 0 Å². The van der Waals surface area contributed by atoms with Crippen molar-refractivity contribution in [3.8, 4) is 0 Å². The van der Waals surface area contributed by atoms with Crippen LogP contribution in [0.5, 0.6) is 0 Å². The molecular weight excluding hydrogens is 322 g/mol. The highest BCUT2D eigenvalue weighted by Gasteiger charge is 2.20. The molecule has 0 bridgehead atoms. The van der Waals surface area contributed by atoms with Gasteiger partial charge in [-0.05, 0) is 62.1 Å². The lowest BCUT2D eigenvalue weighted by Gasteiger charge is -2.12. The zero-order valence-corrected chi connectivity index (χ0v) is 15.0. The van der Waals surface area contributed by atoms with Gasteiger partial charge in [-0.15, -0.1) is 0 Å². The summed E-state index contributed by atoms with van der Waals surface area (Å²) in [6.07, 6.45) is 2.57. The monoisotopic (exact) mass is 341 g/mol. The number of pyridine rings is 1. The topological polar surface area (TPSA) is 46.4 Å². The van der Waals surface area contributed by atoms with Gasteiger partial charge in [-0.25, -0.2) is 4.98 Å². The molecule has 2 aromatic heterocycles. The van der Waals surface area contributed by atoms with Gasteiger partial charge in [0.15, 0.2) is 0 Å². The van der Waals surface area contributed by atoms with Crippen LogP contribution in [0, 0.1) is 20.8 Å². The quantitative estimate of drug-likeness (QED) is 0.748. The van der Waals surface area contributed by atoms with E-state index in [2.05, 4.69) is 10.3 Å². The first-order valence-corrected chi connectivity index (χ1v) is 8.34. The van der Waals surface area contributed by atoms with Crippen molar-refractivity contribution in [2.45, 2.75) is 34.1 Å². The Kier molecular flexibility index (Phi) is 4.33. The third kappa shape index (κ3) is 2.89. The van der Waals surface area contributed by atoms with Crippen LogP contribution in [0.3, 0.4) is 0 Å². The van der Waals surface area contributed by atoms with Gasteiger partial charge in [-0.2, -0.15) is 0 Å². The first kappa shape index (κ1) is 16.5. The Morgan fingerprint density at radius 1 is 1.21 bits per heavy atom. The molecule has 0 aliphatic heterocycles. The Hall–Kier alpha value is -2.33. The summed E-state index contributed by atoms with van der Waals surface area (Å²) in [6, 6.07) is 7.79. The molecule has 1 amide bonds. The fraction of sp³-hybridized carbons (Fsp3) is 0.263. The summed E-state index contributed by atoms with van der Waals surface area (Å²) in [5.41, 5.74) is 5.88. The van der Waals surface area contributed by atoms with Crippen LogP contribution < -0.4 is 5.32 Å². The van der Waals surface area contributed by atoms with Gasteiger partial charge in [0.1, 0.15) is 11.3 Å². The molecule has 24 heavy (non-hydrogen) atoms. The molecule has 0 atom stereocenters. The number of anilines is 1. The zero-order valence-electron chi connectivity index (χ0n) is 14.3. The Morgan fingerprint density at radius 3 is 2.62 bits per heavy atom. The molecule has 0 saturated heterocycles. The van der Waals surface area contributed by atoms with Crippen LogP contribution in [0.2, 0.25) is 5.02 Å². The van der Waals surface area contributed by atoms with Gasteiger partial charge in [0.2, 0.25) is 0 Å². The summed E-state index contributed by atoms with van der Waals surface area (Å²) in [4.78, 5) is 17.5. The van der Waals surface area contributed by atoms with E-state index in [1.165, 1.54) is 0 Å². The molecule has 0 aliphatic carbocycles. The van der Waals surface area contributed by atoms with Crippen LogP contribution in [0.4, 0.5) is 5.69 Å². The highest BCUT2D eigenvalue weighted by Crippen LogP contribution is 2.28. The third-order valence-electron chi connectivity index (χ3n) is 4.07. The minimum absolute atomic E-state index is 0.197. The Morgan fingerprint density at radius 2 is 1.96 bits per heavy atom. The van der Waals surface area contributed by atoms with Gasteiger partial charge in [0.25, 0.3) is 5.91 Å². The number of aromatic nitrogens is 2. The van der Waals surface area contributed by atoms with Crippen molar-refractivity contribution < 1.29 is 4.79 Å². The number of benzene rings is 1. The average molecular weight is 342 g/mol. The molecule has 5 heteroatoms. The largest absolute Gasteiger partial charge is 0.319 e. The lowest BCUT2D eigenvalue weighted by molar-refractivity contribution is 0.102. The van der Waals surface area contributed by atoms with E-state index in [0.717, 1.165) is 28.0 Å². The van der Waals surface area contributed by atoms with Gasteiger partial charge in [0, 0.05) is 6.20 Å². The number of nitrogens with one attached hydrogen (secondary N) is 1. The van der Waals surface area contributed by atoms with E-state index in [9.17, 15) is 4.79 Å². The summed E-state index contributed by atoms with van der Waals surface area (Å²) >= 11 is 6.32. The maximum Gasteiger partial charge on any atom is 0.274 e. The molecule has 3 rings (SSSR count). The molecule has 124 valence electrons. The number of hydrogen-bond donors (Lipinski definition) is 1. The summed E-state index contributed by atoms with van der Waals surface area (Å²) in [5, 5.41) is 3.50. The average Bonchev–Trinajstić information content (AvgIpc) is 2.88. The molecule has 0 radical (unpaired) electrons. The van der Waals surface area contributed by atoms with E-state index in [1.807, 2.05) is 62.6 Å². The second kappa shape index (κ2) is 6.29. The molecule has 0 fully saturated rings. The number of fused-ring (bicyclic) bond motifs is 1. The lowest BCUT2D eigenvalue weighted by Crippen LogP contribution is -2.17. The van der Waals surface area contributed by atoms with Gasteiger partial charge in [0.05, 0.1) is 16.4 Å². The predicted molar refractivity (Wildman–Crippen MR) is 98.2 cm³/mol. The molecule has 0 aliphatic rings. The lowest BCUT2D eigenvalue weighted by atomic mass is 10.1. The Balaban J connectivity index is 2.06. The van der Waals surface area contributed by atoms with E-state index in [4.69, 9.17) is 11.6 Å². The van der Waals surface area contributed by atoms with E-state index in [0.29, 0.717) is 22.8 Å². The minimum Gasteiger partial charge on any atom is -0.319 e. The summed E-state index contributed by atoms with van der Waals surface area (Å²) in [6.45, 7) is 7.92. The van der Waals surface area contributed by atoms with E-state index in [1.54, 1.807) is 0 Å². The molecule has 3 aromatic rings. The number of aryl methyl sites for hydroxylation is 4. The summed E-state index contributed by atoms with van der Waals surface area (Å²) in [7, 11) is 0. The van der Waals surface area contributed by atoms with Gasteiger partial charge in [-0.1, -0.05) is 24.6 Å². The van der Waals surface area contributed by atoms with Crippen molar-refractivity contribution >= 4 is 28.8 Å². The SMILES string of the molecule is CCc1nc2cc(C)ccn2c1C(=O)Nc1c(C)cc(C)cc1Cl. The van der Waals surface area contributed by atoms with Crippen molar-refractivity contribution in [3.05, 3.63) is 63.6 Å². The minimum atomic E-state index is -0.197. The fourth-order valence-corrected chi connectivity index (χ4v) is 3.30. The first-order valence-electron chi connectivity index (χ1n) is 7.96. The number of nitrogens with zero attached hydrogens (tertiary/aromatic N) is 2. The highest BCUT2D eigenvalue weighted by molar-refractivity contribution is 6.34. The molecule has 4 nitrogen and oxygen atoms in total. The molecule has 1 aromatic carbocycles. The second-order valence-corrected chi connectivity index (χ2v) is 6.49. The van der Waals surface area contributed by atoms with Crippen LogP contribution in [-0.2, 0) is 6.42 Å². The fourth-order valence-electron chi connectivity index (χ4n) is 2.93. The standard InChI is InChI=1S/C19H20ClN3O/c1-5-15-18(23-7-6-11(2)10-16(23)21-15)19(24)22-17-13(4)8-12(3)9-14(17)20/h6-10H,5H2,1-4H3,(H,22,24). The molecule has 0 spiro atoms. The smallest absolute Gasteiger partial charge is 0.274 e. The summed E-state index contributed by atoms with van der Waals surface area (Å²) < 4.78 is 1.83. The van der Waals surface area contributed by atoms with Crippen molar-refractivity contribution in [2.24, 2.45) is 0 Å². The number of hydrogen-bond acceptors (Lipinski definition) is 2. The van der Waals surface area contributed by atoms with E-state index < -0.39 is 0 Å². The molecule has 0 saturated carbocycles. The number of imidazole rings is 1. The predicted octanol–water partition coefficient (Wildman–Crippen LogP) is 4.73. The maximum absolute atomic E-state index is 12.9. The van der Waals surface area contributed by atoms with Crippen molar-refractivity contribution in [2.75, 3.05) is 5.32 Å². The third-order valence-corrected chi connectivity index (χ3v) is 4.37. The highest BCUT2D eigenvalue weighted by atomic mass is 35.5. The Bertz CT molecular complexity index is 920. The second-order valence-electron chi connectivity index (χ2n) is 6.09. The van der Waals surface area contributed by atoms with Crippen LogP contribution in [0.15, 0.2) is 30.5 Å². The van der Waals surface area contributed by atoms with E-state index in [-0.39, 0.29) is 5.91 Å². The number of carbonyl (C=O) groups excluding carboxylic acids is 1. The molecule has 2 heterocycles. The number of carbonyl (C=O) groups is 1. The normalized spacial score (nSPS) is 11.0. The maximum atomic E-state index is 12.9. The number of rotatable bonds is 3. The molecule has 1 N–H and O–H groups in total. The van der Waals surface area contributed by atoms with E-state index >= 15 is 0 Å². The number of halogens is 1.